The van der Waals surface area contributed by atoms with Crippen LogP contribution in [0, 0.1) is 12.7 Å². The fourth-order valence-corrected chi connectivity index (χ4v) is 3.00. The molecule has 3 aromatic rings. The summed E-state index contributed by atoms with van der Waals surface area (Å²) in [6.45, 7) is 3.98. The van der Waals surface area contributed by atoms with Gasteiger partial charge in [0.2, 0.25) is 0 Å². The summed E-state index contributed by atoms with van der Waals surface area (Å²) in [5.41, 5.74) is 2.33. The van der Waals surface area contributed by atoms with E-state index in [9.17, 15) is 4.39 Å². The third-order valence-electron chi connectivity index (χ3n) is 4.31. The molecule has 1 atom stereocenters. The number of halogens is 1. The van der Waals surface area contributed by atoms with Crippen LogP contribution in [-0.2, 0) is 0 Å². The molecule has 2 N–H and O–H groups in total. The number of pyridine rings is 1. The lowest BCUT2D eigenvalue weighted by molar-refractivity contribution is 0.479. The van der Waals surface area contributed by atoms with Crippen molar-refractivity contribution in [1.82, 2.24) is 24.7 Å². The van der Waals surface area contributed by atoms with E-state index in [1.807, 2.05) is 6.92 Å². The van der Waals surface area contributed by atoms with Gasteiger partial charge in [-0.25, -0.2) is 19.3 Å². The summed E-state index contributed by atoms with van der Waals surface area (Å²) in [5, 5.41) is 6.88. The Bertz CT molecular complexity index is 869. The monoisotopic (exact) mass is 326 g/mol. The maximum absolute atomic E-state index is 13.6. The Kier molecular flexibility index (Phi) is 3.86. The van der Waals surface area contributed by atoms with Crippen molar-refractivity contribution in [2.75, 3.05) is 18.4 Å². The highest BCUT2D eigenvalue weighted by atomic mass is 19.1. The molecule has 0 unspecified atom stereocenters. The van der Waals surface area contributed by atoms with Gasteiger partial charge in [-0.15, -0.1) is 0 Å². The Balaban J connectivity index is 1.70. The van der Waals surface area contributed by atoms with Crippen molar-refractivity contribution >= 4 is 11.5 Å². The predicted octanol–water partition coefficient (Wildman–Crippen LogP) is 2.40. The van der Waals surface area contributed by atoms with Gasteiger partial charge in [0.1, 0.15) is 23.0 Å². The van der Waals surface area contributed by atoms with Gasteiger partial charge in [0.05, 0.1) is 6.20 Å². The summed E-state index contributed by atoms with van der Waals surface area (Å²) in [6, 6.07) is 3.39. The van der Waals surface area contributed by atoms with E-state index < -0.39 is 0 Å². The van der Waals surface area contributed by atoms with Crippen LogP contribution in [0.2, 0.25) is 0 Å². The highest BCUT2D eigenvalue weighted by molar-refractivity contribution is 5.59. The molecule has 7 heteroatoms. The molecule has 1 fully saturated rings. The minimum Gasteiger partial charge on any atom is -0.366 e. The number of aryl methyl sites for hydroxylation is 1. The minimum atomic E-state index is -0.319. The maximum atomic E-state index is 13.6. The molecule has 0 aromatic carbocycles. The number of imidazole rings is 1. The van der Waals surface area contributed by atoms with Gasteiger partial charge in [0.25, 0.3) is 0 Å². The number of fused-ring (bicyclic) bond motifs is 1. The van der Waals surface area contributed by atoms with Crippen LogP contribution in [0.15, 0.2) is 30.7 Å². The Hall–Kier alpha value is -2.54. The van der Waals surface area contributed by atoms with Gasteiger partial charge in [-0.1, -0.05) is 0 Å². The highest BCUT2D eigenvalue weighted by Gasteiger charge is 2.16. The Labute approximate surface area is 139 Å². The third-order valence-corrected chi connectivity index (χ3v) is 4.31. The summed E-state index contributed by atoms with van der Waals surface area (Å²) >= 11 is 0. The van der Waals surface area contributed by atoms with Crippen LogP contribution >= 0.6 is 0 Å². The molecule has 0 spiro atoms. The van der Waals surface area contributed by atoms with E-state index in [0.717, 1.165) is 37.3 Å². The number of aromatic nitrogens is 4. The average molecular weight is 326 g/mol. The molecule has 1 saturated heterocycles. The number of hydrogen-bond acceptors (Lipinski definition) is 5. The van der Waals surface area contributed by atoms with Gasteiger partial charge in [0, 0.05) is 30.5 Å². The van der Waals surface area contributed by atoms with Crippen LogP contribution in [0.25, 0.3) is 17.2 Å². The maximum Gasteiger partial charge on any atom is 0.180 e. The lowest BCUT2D eigenvalue weighted by Gasteiger charge is -2.25. The van der Waals surface area contributed by atoms with E-state index in [1.165, 1.54) is 12.3 Å². The summed E-state index contributed by atoms with van der Waals surface area (Å²) in [4.78, 5) is 13.3. The van der Waals surface area contributed by atoms with E-state index in [1.54, 1.807) is 22.9 Å². The molecule has 4 heterocycles. The Morgan fingerprint density at radius 3 is 3.04 bits per heavy atom. The fraction of sp³-hybridized carbons (Fsp3) is 0.353. The SMILES string of the molecule is Cc1cnc(-c2cnc3ccc(F)cn23)nc1N[C@@H]1CCCNC1. The first-order valence-electron chi connectivity index (χ1n) is 8.14. The lowest BCUT2D eigenvalue weighted by Crippen LogP contribution is -2.38. The van der Waals surface area contributed by atoms with E-state index in [0.29, 0.717) is 23.2 Å². The van der Waals surface area contributed by atoms with Crippen LogP contribution in [-0.4, -0.2) is 38.5 Å². The first-order chi connectivity index (χ1) is 11.7. The van der Waals surface area contributed by atoms with Gasteiger partial charge in [-0.2, -0.15) is 0 Å². The molecule has 0 aliphatic carbocycles. The van der Waals surface area contributed by atoms with Crippen molar-refractivity contribution < 1.29 is 4.39 Å². The summed E-state index contributed by atoms with van der Waals surface area (Å²) in [7, 11) is 0. The molecule has 6 nitrogen and oxygen atoms in total. The quantitative estimate of drug-likeness (QED) is 0.774. The van der Waals surface area contributed by atoms with E-state index >= 15 is 0 Å². The normalized spacial score (nSPS) is 18.0. The Morgan fingerprint density at radius 1 is 1.29 bits per heavy atom. The molecular weight excluding hydrogens is 307 g/mol. The lowest BCUT2D eigenvalue weighted by atomic mass is 10.1. The first-order valence-corrected chi connectivity index (χ1v) is 8.14. The second kappa shape index (κ2) is 6.16. The molecule has 124 valence electrons. The van der Waals surface area contributed by atoms with Crippen molar-refractivity contribution in [2.45, 2.75) is 25.8 Å². The summed E-state index contributed by atoms with van der Waals surface area (Å²) in [6.07, 6.45) is 7.14. The topological polar surface area (TPSA) is 67.1 Å². The number of anilines is 1. The second-order valence-electron chi connectivity index (χ2n) is 6.13. The zero-order valence-corrected chi connectivity index (χ0v) is 13.5. The van der Waals surface area contributed by atoms with Crippen LogP contribution in [0.4, 0.5) is 10.2 Å². The van der Waals surface area contributed by atoms with Gasteiger partial charge >= 0.3 is 0 Å². The molecule has 1 aliphatic rings. The van der Waals surface area contributed by atoms with Crippen molar-refractivity contribution in [3.8, 4) is 11.5 Å². The molecule has 0 bridgehead atoms. The molecule has 1 aliphatic heterocycles. The van der Waals surface area contributed by atoms with Crippen LogP contribution < -0.4 is 10.6 Å². The smallest absolute Gasteiger partial charge is 0.180 e. The predicted molar refractivity (Wildman–Crippen MR) is 90.4 cm³/mol. The highest BCUT2D eigenvalue weighted by Crippen LogP contribution is 2.22. The minimum absolute atomic E-state index is 0.319. The standard InChI is InChI=1S/C17H19FN6/c1-11-7-21-17(23-16(11)22-13-3-2-6-19-8-13)14-9-20-15-5-4-12(18)10-24(14)15/h4-5,7,9-10,13,19H,2-3,6,8H2,1H3,(H,21,22,23)/t13-/m1/s1. The zero-order valence-electron chi connectivity index (χ0n) is 13.5. The number of piperidine rings is 1. The van der Waals surface area contributed by atoms with Gasteiger partial charge in [-0.3, -0.25) is 4.40 Å². The number of rotatable bonds is 3. The zero-order chi connectivity index (χ0) is 16.5. The third kappa shape index (κ3) is 2.82. The molecule has 3 aromatic heterocycles. The van der Waals surface area contributed by atoms with Crippen molar-refractivity contribution in [1.29, 1.82) is 0 Å². The fourth-order valence-electron chi connectivity index (χ4n) is 3.00. The molecule has 4 rings (SSSR count). The number of hydrogen-bond donors (Lipinski definition) is 2. The van der Waals surface area contributed by atoms with Gasteiger partial charge in [-0.05, 0) is 38.4 Å². The number of nitrogens with one attached hydrogen (secondary N) is 2. The van der Waals surface area contributed by atoms with Crippen LogP contribution in [0.5, 0.6) is 0 Å². The van der Waals surface area contributed by atoms with Gasteiger partial charge in [0.15, 0.2) is 5.82 Å². The molecule has 0 amide bonds. The van der Waals surface area contributed by atoms with E-state index in [-0.39, 0.29) is 5.82 Å². The van der Waals surface area contributed by atoms with Crippen molar-refractivity contribution in [3.05, 3.63) is 42.1 Å². The second-order valence-corrected chi connectivity index (χ2v) is 6.13. The summed E-state index contributed by atoms with van der Waals surface area (Å²) in [5.74, 6) is 1.03. The Morgan fingerprint density at radius 2 is 2.21 bits per heavy atom. The first kappa shape index (κ1) is 15.0. The molecular formula is C17H19FN6. The van der Waals surface area contributed by atoms with Crippen LogP contribution in [0.3, 0.4) is 0 Å². The molecule has 0 saturated carbocycles. The summed E-state index contributed by atoms with van der Waals surface area (Å²) < 4.78 is 15.2. The molecule has 0 radical (unpaired) electrons. The molecule has 24 heavy (non-hydrogen) atoms. The van der Waals surface area contributed by atoms with Crippen LogP contribution in [0.1, 0.15) is 18.4 Å². The largest absolute Gasteiger partial charge is 0.366 e. The van der Waals surface area contributed by atoms with E-state index in [2.05, 4.69) is 25.6 Å². The van der Waals surface area contributed by atoms with Gasteiger partial charge < -0.3 is 10.6 Å². The number of nitrogens with zero attached hydrogens (tertiary/aromatic N) is 4. The van der Waals surface area contributed by atoms with Crippen molar-refractivity contribution in [2.24, 2.45) is 0 Å². The average Bonchev–Trinajstić information content (AvgIpc) is 3.01. The van der Waals surface area contributed by atoms with Crippen molar-refractivity contribution in [3.63, 3.8) is 0 Å². The van der Waals surface area contributed by atoms with E-state index in [4.69, 9.17) is 0 Å².